The van der Waals surface area contributed by atoms with Gasteiger partial charge in [0.25, 0.3) is 5.91 Å². The summed E-state index contributed by atoms with van der Waals surface area (Å²) in [5.41, 5.74) is 4.68. The Balaban J connectivity index is 1.39. The molecule has 0 radical (unpaired) electrons. The van der Waals surface area contributed by atoms with Crippen molar-refractivity contribution in [3.8, 4) is 17.2 Å². The number of amides is 1. The highest BCUT2D eigenvalue weighted by Crippen LogP contribution is 2.33. The van der Waals surface area contributed by atoms with Crippen molar-refractivity contribution in [1.29, 1.82) is 0 Å². The number of likely N-dealkylation sites (N-methyl/N-ethyl adjacent to an activating group) is 1. The zero-order valence-corrected chi connectivity index (χ0v) is 20.8. The molecule has 35 heavy (non-hydrogen) atoms. The van der Waals surface area contributed by atoms with Gasteiger partial charge < -0.3 is 24.3 Å². The summed E-state index contributed by atoms with van der Waals surface area (Å²) in [6.45, 7) is 10.0. The predicted octanol–water partition coefficient (Wildman–Crippen LogP) is 3.58. The second-order valence-electron chi connectivity index (χ2n) is 9.49. The van der Waals surface area contributed by atoms with E-state index in [9.17, 15) is 4.79 Å². The molecule has 2 aliphatic rings. The Morgan fingerprint density at radius 1 is 0.943 bits per heavy atom. The largest absolute Gasteiger partial charge is 0.486 e. The molecule has 1 aromatic heterocycles. The quantitative estimate of drug-likeness (QED) is 0.592. The number of hydrogen-bond acceptors (Lipinski definition) is 5. The van der Waals surface area contributed by atoms with E-state index in [1.165, 1.54) is 0 Å². The molecule has 3 aromatic rings. The minimum atomic E-state index is -0.0792. The highest BCUT2D eigenvalue weighted by molar-refractivity contribution is 5.96. The van der Waals surface area contributed by atoms with Gasteiger partial charge in [-0.25, -0.2) is 0 Å². The third kappa shape index (κ3) is 5.06. The van der Waals surface area contributed by atoms with Gasteiger partial charge in [0.1, 0.15) is 13.2 Å². The standard InChI is InChI=1S/C28H34N4O3/c1-20-17-24(21(2)32(20)23-9-10-26-27(18-23)35-16-15-34-26)28(33)29-25(22-7-5-4-6-8-22)19-31-13-11-30(3)12-14-31/h4-10,17-18,25H,11-16,19H2,1-3H3,(H,29,33). The second-order valence-corrected chi connectivity index (χ2v) is 9.49. The lowest BCUT2D eigenvalue weighted by Crippen LogP contribution is -2.47. The van der Waals surface area contributed by atoms with E-state index >= 15 is 0 Å². The molecule has 1 fully saturated rings. The molecule has 5 rings (SSSR count). The number of carbonyl (C=O) groups excluding carboxylic acids is 1. The lowest BCUT2D eigenvalue weighted by molar-refractivity contribution is 0.0906. The molecule has 1 saturated heterocycles. The molecule has 1 N–H and O–H groups in total. The SMILES string of the molecule is Cc1cc(C(=O)NC(CN2CCN(C)CC2)c2ccccc2)c(C)n1-c1ccc2c(c1)OCCO2. The molecule has 0 aliphatic carbocycles. The van der Waals surface area contributed by atoms with E-state index in [0.29, 0.717) is 18.8 Å². The van der Waals surface area contributed by atoms with Crippen LogP contribution in [0, 0.1) is 13.8 Å². The average Bonchev–Trinajstić information content (AvgIpc) is 3.19. The van der Waals surface area contributed by atoms with Crippen molar-refractivity contribution in [2.75, 3.05) is 53.0 Å². The van der Waals surface area contributed by atoms with Crippen molar-refractivity contribution in [3.63, 3.8) is 0 Å². The molecule has 2 aromatic carbocycles. The molecule has 1 unspecified atom stereocenters. The van der Waals surface area contributed by atoms with Crippen LogP contribution in [-0.4, -0.2) is 73.3 Å². The molecule has 1 amide bonds. The van der Waals surface area contributed by atoms with Crippen LogP contribution in [0.5, 0.6) is 11.5 Å². The zero-order chi connectivity index (χ0) is 24.4. The number of benzene rings is 2. The first-order valence-electron chi connectivity index (χ1n) is 12.4. The number of aryl methyl sites for hydroxylation is 1. The lowest BCUT2D eigenvalue weighted by Gasteiger charge is -2.35. The van der Waals surface area contributed by atoms with Gasteiger partial charge in [-0.2, -0.15) is 0 Å². The van der Waals surface area contributed by atoms with Crippen LogP contribution < -0.4 is 14.8 Å². The van der Waals surface area contributed by atoms with E-state index in [-0.39, 0.29) is 11.9 Å². The summed E-state index contributed by atoms with van der Waals surface area (Å²) in [5.74, 6) is 1.45. The smallest absolute Gasteiger partial charge is 0.253 e. The van der Waals surface area contributed by atoms with E-state index in [4.69, 9.17) is 9.47 Å². The first-order chi connectivity index (χ1) is 17.0. The van der Waals surface area contributed by atoms with Crippen LogP contribution >= 0.6 is 0 Å². The zero-order valence-electron chi connectivity index (χ0n) is 20.8. The van der Waals surface area contributed by atoms with Crippen molar-refractivity contribution in [3.05, 3.63) is 77.1 Å². The summed E-state index contributed by atoms with van der Waals surface area (Å²) in [6, 6.07) is 18.1. The molecule has 2 aliphatic heterocycles. The molecule has 0 spiro atoms. The highest BCUT2D eigenvalue weighted by atomic mass is 16.6. The topological polar surface area (TPSA) is 59.0 Å². The monoisotopic (exact) mass is 474 g/mol. The van der Waals surface area contributed by atoms with Crippen LogP contribution in [0.25, 0.3) is 5.69 Å². The molecule has 7 heteroatoms. The van der Waals surface area contributed by atoms with Crippen molar-refractivity contribution >= 4 is 5.91 Å². The number of carbonyl (C=O) groups is 1. The van der Waals surface area contributed by atoms with Gasteiger partial charge in [0.2, 0.25) is 0 Å². The number of nitrogens with zero attached hydrogens (tertiary/aromatic N) is 3. The van der Waals surface area contributed by atoms with Gasteiger partial charge in [-0.1, -0.05) is 30.3 Å². The summed E-state index contributed by atoms with van der Waals surface area (Å²) in [5, 5.41) is 3.34. The number of ether oxygens (including phenoxy) is 2. The van der Waals surface area contributed by atoms with E-state index in [0.717, 1.165) is 66.9 Å². The first-order valence-corrected chi connectivity index (χ1v) is 12.4. The van der Waals surface area contributed by atoms with Crippen LogP contribution in [-0.2, 0) is 0 Å². The number of aromatic nitrogens is 1. The highest BCUT2D eigenvalue weighted by Gasteiger charge is 2.24. The number of rotatable bonds is 6. The normalized spacial score (nSPS) is 17.2. The molecule has 1 atom stereocenters. The van der Waals surface area contributed by atoms with Crippen LogP contribution in [0.4, 0.5) is 0 Å². The van der Waals surface area contributed by atoms with Gasteiger partial charge in [0.15, 0.2) is 11.5 Å². The van der Waals surface area contributed by atoms with Crippen LogP contribution in [0.3, 0.4) is 0 Å². The van der Waals surface area contributed by atoms with Crippen LogP contribution in [0.15, 0.2) is 54.6 Å². The van der Waals surface area contributed by atoms with Gasteiger partial charge in [0.05, 0.1) is 11.6 Å². The number of nitrogens with one attached hydrogen (secondary N) is 1. The maximum absolute atomic E-state index is 13.6. The van der Waals surface area contributed by atoms with Gasteiger partial charge in [0, 0.05) is 55.9 Å². The van der Waals surface area contributed by atoms with Crippen LogP contribution in [0.2, 0.25) is 0 Å². The van der Waals surface area contributed by atoms with Crippen molar-refractivity contribution in [1.82, 2.24) is 19.7 Å². The summed E-state index contributed by atoms with van der Waals surface area (Å²) < 4.78 is 13.5. The average molecular weight is 475 g/mol. The summed E-state index contributed by atoms with van der Waals surface area (Å²) >= 11 is 0. The van der Waals surface area contributed by atoms with E-state index in [1.54, 1.807) is 0 Å². The van der Waals surface area contributed by atoms with Crippen molar-refractivity contribution in [2.45, 2.75) is 19.9 Å². The number of piperazine rings is 1. The van der Waals surface area contributed by atoms with Crippen molar-refractivity contribution < 1.29 is 14.3 Å². The summed E-state index contributed by atoms with van der Waals surface area (Å²) in [7, 11) is 2.16. The molecule has 0 bridgehead atoms. The Kier molecular flexibility index (Phi) is 6.79. The van der Waals surface area contributed by atoms with E-state index < -0.39 is 0 Å². The molecule has 0 saturated carbocycles. The Hall–Kier alpha value is -3.29. The molecular formula is C28H34N4O3. The molecule has 184 valence electrons. The minimum absolute atomic E-state index is 0.0510. The molecule has 3 heterocycles. The Labute approximate surface area is 207 Å². The van der Waals surface area contributed by atoms with Crippen LogP contribution in [0.1, 0.15) is 33.4 Å². The predicted molar refractivity (Wildman–Crippen MR) is 137 cm³/mol. The summed E-state index contributed by atoms with van der Waals surface area (Å²) in [4.78, 5) is 18.4. The fourth-order valence-corrected chi connectivity index (χ4v) is 5.01. The van der Waals surface area contributed by atoms with Crippen molar-refractivity contribution in [2.24, 2.45) is 0 Å². The third-order valence-corrected chi connectivity index (χ3v) is 7.00. The third-order valence-electron chi connectivity index (χ3n) is 7.00. The Morgan fingerprint density at radius 3 is 2.40 bits per heavy atom. The maximum atomic E-state index is 13.6. The molecular weight excluding hydrogens is 440 g/mol. The maximum Gasteiger partial charge on any atom is 0.253 e. The Bertz CT molecular complexity index is 1180. The number of hydrogen-bond donors (Lipinski definition) is 1. The first kappa shape index (κ1) is 23.5. The number of fused-ring (bicyclic) bond motifs is 1. The fraction of sp³-hybridized carbons (Fsp3) is 0.393. The minimum Gasteiger partial charge on any atom is -0.486 e. The van der Waals surface area contributed by atoms with E-state index in [2.05, 4.69) is 38.9 Å². The lowest BCUT2D eigenvalue weighted by atomic mass is 10.0. The fourth-order valence-electron chi connectivity index (χ4n) is 5.01. The molecule has 7 nitrogen and oxygen atoms in total. The van der Waals surface area contributed by atoms with Gasteiger partial charge in [-0.15, -0.1) is 0 Å². The summed E-state index contributed by atoms with van der Waals surface area (Å²) in [6.07, 6.45) is 0. The van der Waals surface area contributed by atoms with Gasteiger partial charge in [-0.3, -0.25) is 9.69 Å². The van der Waals surface area contributed by atoms with Gasteiger partial charge >= 0.3 is 0 Å². The van der Waals surface area contributed by atoms with E-state index in [1.807, 2.05) is 56.3 Å². The second kappa shape index (κ2) is 10.1. The van der Waals surface area contributed by atoms with Gasteiger partial charge in [-0.05, 0) is 44.7 Å². The Morgan fingerprint density at radius 2 is 1.66 bits per heavy atom.